The number of rotatable bonds is 7. The number of unbranched alkanes of at least 4 members (excludes halogenated alkanes) is 1. The number of aryl methyl sites for hydroxylation is 1. The number of nitrogens with zero attached hydrogens (tertiary/aromatic N) is 3. The minimum absolute atomic E-state index is 0.421. The Morgan fingerprint density at radius 3 is 2.65 bits per heavy atom. The van der Waals surface area contributed by atoms with Gasteiger partial charge in [-0.2, -0.15) is 0 Å². The topological polar surface area (TPSA) is 48.8 Å². The molecule has 0 aromatic heterocycles. The van der Waals surface area contributed by atoms with Crippen LogP contribution >= 0.6 is 0 Å². The average molecular weight is 227 g/mol. The molecular weight excluding hydrogens is 210 g/mol. The predicted molar refractivity (Wildman–Crippen MR) is 71.7 cm³/mol. The van der Waals surface area contributed by atoms with Crippen LogP contribution in [0.4, 0.5) is 0 Å². The van der Waals surface area contributed by atoms with Crippen molar-refractivity contribution in [3.8, 4) is 0 Å². The lowest BCUT2D eigenvalue weighted by Crippen LogP contribution is -1.82. The van der Waals surface area contributed by atoms with Gasteiger partial charge in [-0.3, -0.25) is 0 Å². The van der Waals surface area contributed by atoms with Crippen molar-refractivity contribution in [1.29, 1.82) is 0 Å². The summed E-state index contributed by atoms with van der Waals surface area (Å²) in [4.78, 5) is 2.67. The molecule has 1 aromatic carbocycles. The average Bonchev–Trinajstić information content (AvgIpc) is 2.38. The van der Waals surface area contributed by atoms with Crippen molar-refractivity contribution in [3.63, 3.8) is 0 Å². The molecule has 3 heteroatoms. The van der Waals surface area contributed by atoms with E-state index in [1.165, 1.54) is 5.56 Å². The van der Waals surface area contributed by atoms with Gasteiger partial charge in [0.2, 0.25) is 0 Å². The second kappa shape index (κ2) is 9.25. The number of hydrogen-bond donors (Lipinski definition) is 0. The molecule has 0 unspecified atom stereocenters. The molecule has 0 aliphatic rings. The summed E-state index contributed by atoms with van der Waals surface area (Å²) in [5.74, 6) is 0. The number of benzene rings is 1. The Labute approximate surface area is 102 Å². The fourth-order valence-electron chi connectivity index (χ4n) is 1.47. The monoisotopic (exact) mass is 227 g/mol. The van der Waals surface area contributed by atoms with Crippen molar-refractivity contribution in [2.45, 2.75) is 19.3 Å². The van der Waals surface area contributed by atoms with Gasteiger partial charge in [0.15, 0.2) is 0 Å². The summed E-state index contributed by atoms with van der Waals surface area (Å²) in [5, 5.41) is 3.41. The molecule has 1 rings (SSSR count). The summed E-state index contributed by atoms with van der Waals surface area (Å²) in [6.07, 6.45) is 11.2. The van der Waals surface area contributed by atoms with E-state index in [2.05, 4.69) is 40.4 Å². The summed E-state index contributed by atoms with van der Waals surface area (Å²) in [6.45, 7) is 0.421. The lowest BCUT2D eigenvalue weighted by molar-refractivity contribution is 0.843. The molecule has 0 radical (unpaired) electrons. The van der Waals surface area contributed by atoms with Crippen LogP contribution in [0.15, 0.2) is 59.8 Å². The molecule has 88 valence electrons. The van der Waals surface area contributed by atoms with Crippen molar-refractivity contribution >= 4 is 0 Å². The normalized spacial score (nSPS) is 10.8. The highest BCUT2D eigenvalue weighted by atomic mass is 15.1. The molecule has 1 aromatic rings. The van der Waals surface area contributed by atoms with Crippen LogP contribution in [0.25, 0.3) is 10.4 Å². The summed E-state index contributed by atoms with van der Waals surface area (Å²) in [5.41, 5.74) is 9.44. The molecule has 0 fully saturated rings. The Bertz CT molecular complexity index is 401. The van der Waals surface area contributed by atoms with Crippen molar-refractivity contribution in [2.75, 3.05) is 6.54 Å². The van der Waals surface area contributed by atoms with Crippen LogP contribution in [0.5, 0.6) is 0 Å². The number of allylic oxidation sites excluding steroid dienone is 3. The van der Waals surface area contributed by atoms with E-state index in [4.69, 9.17) is 5.53 Å². The van der Waals surface area contributed by atoms with Crippen LogP contribution in [-0.4, -0.2) is 6.54 Å². The summed E-state index contributed by atoms with van der Waals surface area (Å²) in [7, 11) is 0. The first kappa shape index (κ1) is 13.1. The third-order valence-electron chi connectivity index (χ3n) is 2.31. The van der Waals surface area contributed by atoms with Crippen LogP contribution in [0.1, 0.15) is 18.4 Å². The summed E-state index contributed by atoms with van der Waals surface area (Å²) in [6, 6.07) is 10.5. The summed E-state index contributed by atoms with van der Waals surface area (Å²) >= 11 is 0. The van der Waals surface area contributed by atoms with Crippen LogP contribution in [0.3, 0.4) is 0 Å². The van der Waals surface area contributed by atoms with Crippen molar-refractivity contribution < 1.29 is 0 Å². The maximum atomic E-state index is 8.05. The first-order valence-electron chi connectivity index (χ1n) is 5.80. The molecule has 3 nitrogen and oxygen atoms in total. The highest BCUT2D eigenvalue weighted by Gasteiger charge is 1.88. The van der Waals surface area contributed by atoms with E-state index in [1.807, 2.05) is 24.3 Å². The molecule has 0 aliphatic heterocycles. The fraction of sp³-hybridized carbons (Fsp3) is 0.286. The smallest absolute Gasteiger partial charge is 0.0443 e. The fourth-order valence-corrected chi connectivity index (χ4v) is 1.47. The molecule has 0 atom stereocenters. The van der Waals surface area contributed by atoms with E-state index in [-0.39, 0.29) is 0 Å². The number of hydrogen-bond acceptors (Lipinski definition) is 1. The van der Waals surface area contributed by atoms with Gasteiger partial charge in [0.05, 0.1) is 0 Å². The van der Waals surface area contributed by atoms with Gasteiger partial charge in [-0.15, -0.1) is 0 Å². The molecule has 0 aliphatic carbocycles. The molecule has 0 bridgehead atoms. The Hall–Kier alpha value is -1.99. The SMILES string of the molecule is [N-]=[N+]=NC/C=C/C=C/CCCc1ccccc1. The largest absolute Gasteiger partial charge is 0.0899 e. The quantitative estimate of drug-likeness (QED) is 0.217. The molecule has 0 saturated carbocycles. The lowest BCUT2D eigenvalue weighted by Gasteiger charge is -1.97. The molecule has 0 amide bonds. The van der Waals surface area contributed by atoms with Gasteiger partial charge < -0.3 is 0 Å². The third-order valence-corrected chi connectivity index (χ3v) is 2.31. The zero-order valence-corrected chi connectivity index (χ0v) is 9.87. The van der Waals surface area contributed by atoms with E-state index in [1.54, 1.807) is 0 Å². The van der Waals surface area contributed by atoms with Gasteiger partial charge in [0, 0.05) is 11.5 Å². The highest BCUT2D eigenvalue weighted by Crippen LogP contribution is 2.04. The molecule has 0 N–H and O–H groups in total. The molecule has 17 heavy (non-hydrogen) atoms. The highest BCUT2D eigenvalue weighted by molar-refractivity contribution is 5.14. The van der Waals surface area contributed by atoms with E-state index in [9.17, 15) is 0 Å². The van der Waals surface area contributed by atoms with Gasteiger partial charge in [0.25, 0.3) is 0 Å². The van der Waals surface area contributed by atoms with E-state index in [0.717, 1.165) is 19.3 Å². The molecule has 0 saturated heterocycles. The van der Waals surface area contributed by atoms with Gasteiger partial charge in [-0.05, 0) is 30.4 Å². The zero-order valence-electron chi connectivity index (χ0n) is 9.87. The van der Waals surface area contributed by atoms with Gasteiger partial charge in [0.1, 0.15) is 0 Å². The predicted octanol–water partition coefficient (Wildman–Crippen LogP) is 4.43. The number of azide groups is 1. The van der Waals surface area contributed by atoms with Crippen molar-refractivity contribution in [3.05, 3.63) is 70.6 Å². The Morgan fingerprint density at radius 2 is 1.88 bits per heavy atom. The Kier molecular flexibility index (Phi) is 7.12. The second-order valence-electron chi connectivity index (χ2n) is 3.65. The standard InChI is InChI=1S/C14H17N3/c15-17-16-13-9-4-2-1-3-6-10-14-11-7-5-8-12-14/h1-2,4-5,7-9,11-12H,3,6,10,13H2/b2-1+,9-4+. The van der Waals surface area contributed by atoms with Gasteiger partial charge in [-0.25, -0.2) is 0 Å². The van der Waals surface area contributed by atoms with Crippen LogP contribution in [-0.2, 0) is 6.42 Å². The molecule has 0 heterocycles. The van der Waals surface area contributed by atoms with Gasteiger partial charge in [-0.1, -0.05) is 59.8 Å². The van der Waals surface area contributed by atoms with Crippen LogP contribution in [0.2, 0.25) is 0 Å². The van der Waals surface area contributed by atoms with E-state index in [0.29, 0.717) is 6.54 Å². The minimum atomic E-state index is 0.421. The maximum Gasteiger partial charge on any atom is 0.0443 e. The molecule has 0 spiro atoms. The first-order chi connectivity index (χ1) is 8.43. The second-order valence-corrected chi connectivity index (χ2v) is 3.65. The zero-order chi connectivity index (χ0) is 12.2. The van der Waals surface area contributed by atoms with E-state index >= 15 is 0 Å². The third kappa shape index (κ3) is 6.98. The van der Waals surface area contributed by atoms with Crippen LogP contribution in [0, 0.1) is 0 Å². The van der Waals surface area contributed by atoms with Crippen molar-refractivity contribution in [2.24, 2.45) is 5.11 Å². The lowest BCUT2D eigenvalue weighted by atomic mass is 10.1. The summed E-state index contributed by atoms with van der Waals surface area (Å²) < 4.78 is 0. The van der Waals surface area contributed by atoms with Crippen molar-refractivity contribution in [1.82, 2.24) is 0 Å². The van der Waals surface area contributed by atoms with E-state index < -0.39 is 0 Å². The van der Waals surface area contributed by atoms with Crippen LogP contribution < -0.4 is 0 Å². The maximum absolute atomic E-state index is 8.05. The van der Waals surface area contributed by atoms with Gasteiger partial charge >= 0.3 is 0 Å². The molecular formula is C14H17N3. The minimum Gasteiger partial charge on any atom is -0.0899 e. The Balaban J connectivity index is 2.10. The Morgan fingerprint density at radius 1 is 1.12 bits per heavy atom. The first-order valence-corrected chi connectivity index (χ1v) is 5.80.